The lowest BCUT2D eigenvalue weighted by Crippen LogP contribution is -1.91. The molecule has 0 aromatic heterocycles. The van der Waals surface area contributed by atoms with Crippen LogP contribution in [0.3, 0.4) is 0 Å². The number of allylic oxidation sites excluding steroid dienone is 6. The summed E-state index contributed by atoms with van der Waals surface area (Å²) in [6.45, 7) is 2.00. The first-order chi connectivity index (χ1) is 8.18. The Bertz CT molecular complexity index is 539. The van der Waals surface area contributed by atoms with Crippen molar-refractivity contribution in [2.45, 2.75) is 13.3 Å². The van der Waals surface area contributed by atoms with Gasteiger partial charge in [0.1, 0.15) is 0 Å². The van der Waals surface area contributed by atoms with Crippen LogP contribution in [0.15, 0.2) is 54.1 Å². The first kappa shape index (κ1) is 11.3. The number of nitrogens with zero attached hydrogens (tertiary/aromatic N) is 1. The number of nitro benzene ring substituents is 1. The lowest BCUT2D eigenvalue weighted by atomic mass is 9.96. The van der Waals surface area contributed by atoms with E-state index in [0.717, 1.165) is 17.6 Å². The van der Waals surface area contributed by atoms with Gasteiger partial charge in [0.2, 0.25) is 0 Å². The molecule has 0 aliphatic heterocycles. The number of non-ortho nitro benzene ring substituents is 1. The number of hydrogen-bond acceptors (Lipinski definition) is 2. The molecule has 86 valence electrons. The van der Waals surface area contributed by atoms with Gasteiger partial charge in [-0.15, -0.1) is 0 Å². The van der Waals surface area contributed by atoms with Crippen molar-refractivity contribution in [2.24, 2.45) is 0 Å². The summed E-state index contributed by atoms with van der Waals surface area (Å²) in [5.74, 6) is 0. The summed E-state index contributed by atoms with van der Waals surface area (Å²) in [6.07, 6.45) is 9.00. The van der Waals surface area contributed by atoms with Gasteiger partial charge in [-0.2, -0.15) is 0 Å². The summed E-state index contributed by atoms with van der Waals surface area (Å²) < 4.78 is 0. The van der Waals surface area contributed by atoms with Gasteiger partial charge in [-0.1, -0.05) is 36.4 Å². The average Bonchev–Trinajstić information content (AvgIpc) is 2.39. The van der Waals surface area contributed by atoms with Crippen LogP contribution in [0.2, 0.25) is 0 Å². The van der Waals surface area contributed by atoms with Gasteiger partial charge in [0, 0.05) is 12.1 Å². The van der Waals surface area contributed by atoms with Gasteiger partial charge < -0.3 is 0 Å². The molecule has 1 aliphatic carbocycles. The third-order valence-corrected chi connectivity index (χ3v) is 2.85. The molecular weight excluding hydrogens is 214 g/mol. The van der Waals surface area contributed by atoms with Crippen molar-refractivity contribution < 1.29 is 4.92 Å². The summed E-state index contributed by atoms with van der Waals surface area (Å²) in [4.78, 5) is 10.4. The molecule has 0 heterocycles. The molecule has 1 aliphatic rings. The maximum atomic E-state index is 10.7. The van der Waals surface area contributed by atoms with E-state index in [2.05, 4.69) is 6.08 Å². The zero-order valence-corrected chi connectivity index (χ0v) is 9.59. The topological polar surface area (TPSA) is 43.1 Å². The highest BCUT2D eigenvalue weighted by atomic mass is 16.6. The first-order valence-corrected chi connectivity index (χ1v) is 5.46. The zero-order valence-electron chi connectivity index (χ0n) is 9.59. The van der Waals surface area contributed by atoms with E-state index in [1.165, 1.54) is 11.6 Å². The molecule has 0 fully saturated rings. The van der Waals surface area contributed by atoms with E-state index in [-0.39, 0.29) is 10.6 Å². The smallest absolute Gasteiger partial charge is 0.258 e. The summed E-state index contributed by atoms with van der Waals surface area (Å²) in [7, 11) is 0. The van der Waals surface area contributed by atoms with E-state index in [0.29, 0.717) is 0 Å². The Morgan fingerprint density at radius 2 is 2.18 bits per heavy atom. The second-order valence-corrected chi connectivity index (χ2v) is 3.95. The predicted molar refractivity (Wildman–Crippen MR) is 68.6 cm³/mol. The Kier molecular flexibility index (Phi) is 3.19. The lowest BCUT2D eigenvalue weighted by molar-refractivity contribution is -0.384. The lowest BCUT2D eigenvalue weighted by Gasteiger charge is -2.09. The molecule has 0 bridgehead atoms. The molecule has 0 spiro atoms. The minimum Gasteiger partial charge on any atom is -0.258 e. The number of rotatable bonds is 2. The Morgan fingerprint density at radius 3 is 2.82 bits per heavy atom. The highest BCUT2D eigenvalue weighted by Gasteiger charge is 2.08. The van der Waals surface area contributed by atoms with E-state index in [1.54, 1.807) is 12.1 Å². The standard InChI is InChI=1S/C14H13NO2/c1-11(12-6-3-2-4-7-12)13-8-5-9-14(10-13)15(16)17/h2-6,8-10H,7H2,1H3. The Balaban J connectivity index is 2.40. The molecule has 1 aromatic rings. The minimum atomic E-state index is -0.363. The van der Waals surface area contributed by atoms with Gasteiger partial charge in [0.15, 0.2) is 0 Å². The molecule has 0 amide bonds. The fourth-order valence-corrected chi connectivity index (χ4v) is 1.83. The third-order valence-electron chi connectivity index (χ3n) is 2.85. The third kappa shape index (κ3) is 2.50. The van der Waals surface area contributed by atoms with E-state index < -0.39 is 0 Å². The molecule has 0 N–H and O–H groups in total. The summed E-state index contributed by atoms with van der Waals surface area (Å²) in [5, 5.41) is 10.7. The molecule has 1 aromatic carbocycles. The van der Waals surface area contributed by atoms with Gasteiger partial charge >= 0.3 is 0 Å². The van der Waals surface area contributed by atoms with Gasteiger partial charge in [-0.05, 0) is 30.1 Å². The van der Waals surface area contributed by atoms with Crippen LogP contribution >= 0.6 is 0 Å². The van der Waals surface area contributed by atoms with E-state index in [1.807, 2.05) is 31.2 Å². The molecule has 17 heavy (non-hydrogen) atoms. The first-order valence-electron chi connectivity index (χ1n) is 5.46. The highest BCUT2D eigenvalue weighted by molar-refractivity contribution is 5.71. The number of hydrogen-bond donors (Lipinski definition) is 0. The van der Waals surface area contributed by atoms with Crippen LogP contribution in [0.1, 0.15) is 18.9 Å². The predicted octanol–water partition coefficient (Wildman–Crippen LogP) is 3.88. The van der Waals surface area contributed by atoms with Crippen molar-refractivity contribution in [1.82, 2.24) is 0 Å². The van der Waals surface area contributed by atoms with E-state index in [9.17, 15) is 10.1 Å². The van der Waals surface area contributed by atoms with Crippen LogP contribution < -0.4 is 0 Å². The fourth-order valence-electron chi connectivity index (χ4n) is 1.83. The Hall–Kier alpha value is -2.16. The van der Waals surface area contributed by atoms with Crippen LogP contribution in [0.4, 0.5) is 5.69 Å². The monoisotopic (exact) mass is 227 g/mol. The molecule has 0 saturated carbocycles. The fraction of sp³-hybridized carbons (Fsp3) is 0.143. The second-order valence-electron chi connectivity index (χ2n) is 3.95. The molecule has 2 rings (SSSR count). The maximum Gasteiger partial charge on any atom is 0.270 e. The normalized spacial score (nSPS) is 17.0. The van der Waals surface area contributed by atoms with Crippen molar-refractivity contribution in [1.29, 1.82) is 0 Å². The average molecular weight is 227 g/mol. The molecule has 0 unspecified atom stereocenters. The SMILES string of the molecule is CC(=C1C=CC=CC1)c1cccc([N+](=O)[O-])c1. The van der Waals surface area contributed by atoms with Crippen LogP contribution in [-0.2, 0) is 0 Å². The quantitative estimate of drug-likeness (QED) is 0.568. The molecule has 0 atom stereocenters. The van der Waals surface area contributed by atoms with Gasteiger partial charge in [0.05, 0.1) is 4.92 Å². The number of benzene rings is 1. The molecule has 3 nitrogen and oxygen atoms in total. The maximum absolute atomic E-state index is 10.7. The molecular formula is C14H13NO2. The zero-order chi connectivity index (χ0) is 12.3. The van der Waals surface area contributed by atoms with Crippen LogP contribution in [0, 0.1) is 10.1 Å². The van der Waals surface area contributed by atoms with Crippen molar-refractivity contribution in [3.8, 4) is 0 Å². The molecule has 0 radical (unpaired) electrons. The largest absolute Gasteiger partial charge is 0.270 e. The van der Waals surface area contributed by atoms with Crippen molar-refractivity contribution in [3.05, 3.63) is 69.8 Å². The van der Waals surface area contributed by atoms with Crippen LogP contribution in [0.5, 0.6) is 0 Å². The van der Waals surface area contributed by atoms with E-state index >= 15 is 0 Å². The van der Waals surface area contributed by atoms with Crippen LogP contribution in [0.25, 0.3) is 5.57 Å². The second kappa shape index (κ2) is 4.78. The Morgan fingerprint density at radius 1 is 1.35 bits per heavy atom. The van der Waals surface area contributed by atoms with Gasteiger partial charge in [-0.25, -0.2) is 0 Å². The number of nitro groups is 1. The summed E-state index contributed by atoms with van der Waals surface area (Å²) >= 11 is 0. The van der Waals surface area contributed by atoms with Crippen molar-refractivity contribution in [3.63, 3.8) is 0 Å². The van der Waals surface area contributed by atoms with Gasteiger partial charge in [-0.3, -0.25) is 10.1 Å². The molecule has 3 heteroatoms. The minimum absolute atomic E-state index is 0.137. The van der Waals surface area contributed by atoms with E-state index in [4.69, 9.17) is 0 Å². The molecule has 0 saturated heterocycles. The highest BCUT2D eigenvalue weighted by Crippen LogP contribution is 2.26. The summed E-state index contributed by atoms with van der Waals surface area (Å²) in [6, 6.07) is 6.76. The Labute approximate surface area is 99.9 Å². The van der Waals surface area contributed by atoms with Crippen molar-refractivity contribution in [2.75, 3.05) is 0 Å². The van der Waals surface area contributed by atoms with Crippen LogP contribution in [-0.4, -0.2) is 4.92 Å². The van der Waals surface area contributed by atoms with Gasteiger partial charge in [0.25, 0.3) is 5.69 Å². The summed E-state index contributed by atoms with van der Waals surface area (Å²) in [5.41, 5.74) is 3.34. The van der Waals surface area contributed by atoms with Crippen molar-refractivity contribution >= 4 is 11.3 Å².